The van der Waals surface area contributed by atoms with Gasteiger partial charge in [0.25, 0.3) is 0 Å². The minimum absolute atomic E-state index is 0.00533. The van der Waals surface area contributed by atoms with Crippen LogP contribution in [0.4, 0.5) is 10.5 Å². The van der Waals surface area contributed by atoms with Gasteiger partial charge in [-0.05, 0) is 79.0 Å². The van der Waals surface area contributed by atoms with Crippen molar-refractivity contribution in [3.05, 3.63) is 58.8 Å². The highest BCUT2D eigenvalue weighted by atomic mass is 32.2. The fraction of sp³-hybridized carbons (Fsp3) is 0.286. The SMILES string of the molecule is NS(=O)(=O)c1ccc2ccn(C(=O)Nc3c4c(cc5c3CCC5)CCC4)c2c1. The Morgan fingerprint density at radius 2 is 1.64 bits per heavy atom. The summed E-state index contributed by atoms with van der Waals surface area (Å²) in [6, 6.07) is 8.40. The van der Waals surface area contributed by atoms with Crippen molar-refractivity contribution in [2.24, 2.45) is 5.14 Å². The molecule has 3 N–H and O–H groups in total. The molecule has 1 amide bonds. The van der Waals surface area contributed by atoms with Crippen LogP contribution in [-0.2, 0) is 35.7 Å². The molecular formula is C21H21N3O3S. The van der Waals surface area contributed by atoms with Crippen molar-refractivity contribution in [3.8, 4) is 0 Å². The Bertz CT molecular complexity index is 1210. The van der Waals surface area contributed by atoms with Gasteiger partial charge in [0.05, 0.1) is 10.4 Å². The van der Waals surface area contributed by atoms with Crippen molar-refractivity contribution in [2.75, 3.05) is 5.32 Å². The number of nitrogens with two attached hydrogens (primary N) is 1. The second-order valence-corrected chi connectivity index (χ2v) is 9.18. The van der Waals surface area contributed by atoms with Crippen LogP contribution in [0, 0.1) is 0 Å². The van der Waals surface area contributed by atoms with E-state index in [1.165, 1.54) is 39.0 Å². The summed E-state index contributed by atoms with van der Waals surface area (Å²) >= 11 is 0. The standard InChI is InChI=1S/C21H21N3O3S/c22-28(26,27)16-8-7-13-9-10-24(19(13)12-16)21(25)23-20-17-5-1-3-14(17)11-15-4-2-6-18(15)20/h7-12H,1-6H2,(H,23,25)(H2,22,26,27). The Labute approximate surface area is 163 Å². The average molecular weight is 395 g/mol. The lowest BCUT2D eigenvalue weighted by Crippen LogP contribution is -2.21. The number of nitrogens with one attached hydrogen (secondary N) is 1. The van der Waals surface area contributed by atoms with Crippen molar-refractivity contribution in [1.29, 1.82) is 0 Å². The van der Waals surface area contributed by atoms with Crippen LogP contribution in [-0.4, -0.2) is 19.0 Å². The molecule has 5 rings (SSSR count). The van der Waals surface area contributed by atoms with Crippen molar-refractivity contribution in [3.63, 3.8) is 0 Å². The Kier molecular flexibility index (Phi) is 3.86. The molecule has 144 valence electrons. The normalized spacial score (nSPS) is 15.6. The quantitative estimate of drug-likeness (QED) is 0.697. The predicted octanol–water partition coefficient (Wildman–Crippen LogP) is 3.35. The molecule has 0 fully saturated rings. The third-order valence-electron chi connectivity index (χ3n) is 5.92. The largest absolute Gasteiger partial charge is 0.330 e. The number of rotatable bonds is 2. The van der Waals surface area contributed by atoms with E-state index < -0.39 is 10.0 Å². The van der Waals surface area contributed by atoms with E-state index in [9.17, 15) is 13.2 Å². The molecule has 2 aliphatic rings. The average Bonchev–Trinajstić information content (AvgIpc) is 3.38. The summed E-state index contributed by atoms with van der Waals surface area (Å²) in [5.41, 5.74) is 6.71. The van der Waals surface area contributed by atoms with Crippen LogP contribution >= 0.6 is 0 Å². The topological polar surface area (TPSA) is 94.2 Å². The van der Waals surface area contributed by atoms with Gasteiger partial charge in [0.2, 0.25) is 10.0 Å². The van der Waals surface area contributed by atoms with Crippen LogP contribution in [0.5, 0.6) is 0 Å². The molecule has 28 heavy (non-hydrogen) atoms. The maximum absolute atomic E-state index is 13.1. The van der Waals surface area contributed by atoms with Crippen LogP contribution in [0.3, 0.4) is 0 Å². The third-order valence-corrected chi connectivity index (χ3v) is 6.83. The number of carbonyl (C=O) groups is 1. The van der Waals surface area contributed by atoms with E-state index in [1.54, 1.807) is 18.3 Å². The zero-order valence-corrected chi connectivity index (χ0v) is 16.2. The molecule has 0 saturated carbocycles. The van der Waals surface area contributed by atoms with Gasteiger partial charge in [0.15, 0.2) is 0 Å². The number of sulfonamides is 1. The zero-order chi connectivity index (χ0) is 19.5. The van der Waals surface area contributed by atoms with E-state index in [-0.39, 0.29) is 10.9 Å². The number of fused-ring (bicyclic) bond motifs is 3. The molecule has 0 atom stereocenters. The first kappa shape index (κ1) is 17.5. The first-order valence-electron chi connectivity index (χ1n) is 9.53. The summed E-state index contributed by atoms with van der Waals surface area (Å²) in [6.07, 6.45) is 8.00. The van der Waals surface area contributed by atoms with Crippen LogP contribution in [0.25, 0.3) is 10.9 Å². The first-order chi connectivity index (χ1) is 13.4. The van der Waals surface area contributed by atoms with Crippen molar-refractivity contribution in [2.45, 2.75) is 43.4 Å². The lowest BCUT2D eigenvalue weighted by atomic mass is 9.99. The van der Waals surface area contributed by atoms with Gasteiger partial charge < -0.3 is 5.32 Å². The predicted molar refractivity (Wildman–Crippen MR) is 108 cm³/mol. The van der Waals surface area contributed by atoms with Gasteiger partial charge in [0, 0.05) is 17.3 Å². The molecule has 2 aliphatic carbocycles. The number of aryl methyl sites for hydroxylation is 2. The minimum Gasteiger partial charge on any atom is -0.307 e. The summed E-state index contributed by atoms with van der Waals surface area (Å²) in [5.74, 6) is 0. The highest BCUT2D eigenvalue weighted by Crippen LogP contribution is 2.38. The second kappa shape index (κ2) is 6.18. The maximum Gasteiger partial charge on any atom is 0.330 e. The van der Waals surface area contributed by atoms with Crippen LogP contribution in [0.15, 0.2) is 41.4 Å². The van der Waals surface area contributed by atoms with Gasteiger partial charge in [-0.2, -0.15) is 0 Å². The second-order valence-electron chi connectivity index (χ2n) is 7.62. The molecule has 0 saturated heterocycles. The number of carbonyl (C=O) groups excluding carboxylic acids is 1. The number of primary sulfonamides is 1. The molecule has 1 heterocycles. The Morgan fingerprint density at radius 3 is 2.29 bits per heavy atom. The number of hydrogen-bond acceptors (Lipinski definition) is 3. The molecule has 0 aliphatic heterocycles. The Balaban J connectivity index is 1.57. The van der Waals surface area contributed by atoms with Gasteiger partial charge >= 0.3 is 6.03 Å². The van der Waals surface area contributed by atoms with Gasteiger partial charge in [0.1, 0.15) is 0 Å². The van der Waals surface area contributed by atoms with E-state index in [1.807, 2.05) is 0 Å². The molecule has 1 aromatic heterocycles. The molecule has 0 spiro atoms. The molecule has 2 aromatic carbocycles. The molecule has 0 radical (unpaired) electrons. The van der Waals surface area contributed by atoms with Crippen LogP contribution in [0.1, 0.15) is 35.1 Å². The van der Waals surface area contributed by atoms with Gasteiger partial charge in [-0.3, -0.25) is 4.57 Å². The van der Waals surface area contributed by atoms with Gasteiger partial charge in [-0.25, -0.2) is 18.4 Å². The Hall–Kier alpha value is -2.64. The zero-order valence-electron chi connectivity index (χ0n) is 15.4. The van der Waals surface area contributed by atoms with Crippen LogP contribution < -0.4 is 10.5 Å². The van der Waals surface area contributed by atoms with Crippen molar-refractivity contribution >= 4 is 32.6 Å². The van der Waals surface area contributed by atoms with E-state index in [4.69, 9.17) is 5.14 Å². The molecule has 7 heteroatoms. The smallest absolute Gasteiger partial charge is 0.307 e. The lowest BCUT2D eigenvalue weighted by molar-refractivity contribution is 0.254. The molecule has 3 aromatic rings. The number of amides is 1. The fourth-order valence-electron chi connectivity index (χ4n) is 4.60. The number of aromatic nitrogens is 1. The number of hydrogen-bond donors (Lipinski definition) is 2. The van der Waals surface area contributed by atoms with Crippen LogP contribution in [0.2, 0.25) is 0 Å². The summed E-state index contributed by atoms with van der Waals surface area (Å²) < 4.78 is 24.8. The summed E-state index contributed by atoms with van der Waals surface area (Å²) in [4.78, 5) is 13.1. The number of anilines is 1. The maximum atomic E-state index is 13.1. The number of benzene rings is 2. The first-order valence-corrected chi connectivity index (χ1v) is 11.1. The lowest BCUT2D eigenvalue weighted by Gasteiger charge is -2.16. The highest BCUT2D eigenvalue weighted by molar-refractivity contribution is 7.89. The van der Waals surface area contributed by atoms with E-state index in [0.29, 0.717) is 5.52 Å². The molecule has 0 bridgehead atoms. The summed E-state index contributed by atoms with van der Waals surface area (Å²) in [7, 11) is -3.83. The molecule has 6 nitrogen and oxygen atoms in total. The van der Waals surface area contributed by atoms with E-state index in [0.717, 1.165) is 49.6 Å². The monoisotopic (exact) mass is 395 g/mol. The fourth-order valence-corrected chi connectivity index (χ4v) is 5.13. The molecule has 0 unspecified atom stereocenters. The number of nitrogens with zero attached hydrogens (tertiary/aromatic N) is 1. The van der Waals surface area contributed by atoms with Crippen molar-refractivity contribution < 1.29 is 13.2 Å². The van der Waals surface area contributed by atoms with Gasteiger partial charge in [-0.15, -0.1) is 0 Å². The van der Waals surface area contributed by atoms with Gasteiger partial charge in [-0.1, -0.05) is 12.1 Å². The summed E-state index contributed by atoms with van der Waals surface area (Å²) in [5, 5.41) is 9.17. The highest BCUT2D eigenvalue weighted by Gasteiger charge is 2.25. The third kappa shape index (κ3) is 2.73. The summed E-state index contributed by atoms with van der Waals surface area (Å²) in [6.45, 7) is 0. The van der Waals surface area contributed by atoms with E-state index in [2.05, 4.69) is 11.4 Å². The van der Waals surface area contributed by atoms with Crippen molar-refractivity contribution in [1.82, 2.24) is 4.57 Å². The minimum atomic E-state index is -3.83. The van der Waals surface area contributed by atoms with E-state index >= 15 is 0 Å². The molecular weight excluding hydrogens is 374 g/mol. The Morgan fingerprint density at radius 1 is 0.964 bits per heavy atom.